The zero-order chi connectivity index (χ0) is 18.7. The number of hydrogen-bond acceptors (Lipinski definition) is 4. The Balaban J connectivity index is 1.75. The Bertz CT molecular complexity index is 903. The molecule has 3 fully saturated rings. The average molecular weight is 368 g/mol. The van der Waals surface area contributed by atoms with Gasteiger partial charge in [-0.05, 0) is 61.8 Å². The molecule has 0 radical (unpaired) electrons. The zero-order valence-corrected chi connectivity index (χ0v) is 16.1. The first-order valence-corrected chi connectivity index (χ1v) is 10.4. The quantitative estimate of drug-likeness (QED) is 0.867. The number of fused-ring (bicyclic) bond motifs is 4. The van der Waals surface area contributed by atoms with E-state index in [1.807, 2.05) is 23.6 Å². The second kappa shape index (κ2) is 6.26. The van der Waals surface area contributed by atoms with Gasteiger partial charge in [-0.25, -0.2) is 9.36 Å². The second-order valence-electron chi connectivity index (χ2n) is 8.45. The summed E-state index contributed by atoms with van der Waals surface area (Å²) < 4.78 is 7.28. The van der Waals surface area contributed by atoms with Crippen LogP contribution in [0.5, 0.6) is 5.75 Å². The molecule has 27 heavy (non-hydrogen) atoms. The highest BCUT2D eigenvalue weighted by Gasteiger charge is 2.49. The molecule has 1 N–H and O–H groups in total. The second-order valence-corrected chi connectivity index (χ2v) is 8.45. The molecule has 1 unspecified atom stereocenters. The summed E-state index contributed by atoms with van der Waals surface area (Å²) in [6, 6.07) is 5.88. The molecule has 1 saturated carbocycles. The fourth-order valence-electron chi connectivity index (χ4n) is 6.22. The van der Waals surface area contributed by atoms with Gasteiger partial charge in [0.1, 0.15) is 5.75 Å². The first-order valence-electron chi connectivity index (χ1n) is 10.4. The predicted molar refractivity (Wildman–Crippen MR) is 104 cm³/mol. The summed E-state index contributed by atoms with van der Waals surface area (Å²) in [5.41, 5.74) is 3.27. The van der Waals surface area contributed by atoms with Gasteiger partial charge in [-0.1, -0.05) is 13.3 Å². The molecule has 2 saturated heterocycles. The van der Waals surface area contributed by atoms with E-state index in [-0.39, 0.29) is 11.8 Å². The Labute approximate surface area is 159 Å². The van der Waals surface area contributed by atoms with Crippen LogP contribution in [0.15, 0.2) is 18.2 Å². The van der Waals surface area contributed by atoms with Gasteiger partial charge in [0.05, 0.1) is 12.1 Å². The van der Waals surface area contributed by atoms with E-state index >= 15 is 0 Å². The number of benzene rings is 1. The van der Waals surface area contributed by atoms with Gasteiger partial charge in [0.25, 0.3) is 0 Å². The molecule has 5 heteroatoms. The number of carbonyl (C=O) groups excluding carboxylic acids is 1. The van der Waals surface area contributed by atoms with Crippen LogP contribution in [0.4, 0.5) is 4.79 Å². The lowest BCUT2D eigenvalue weighted by Gasteiger charge is -2.53. The van der Waals surface area contributed by atoms with Crippen molar-refractivity contribution in [2.75, 3.05) is 19.7 Å². The van der Waals surface area contributed by atoms with Crippen LogP contribution in [0.2, 0.25) is 0 Å². The summed E-state index contributed by atoms with van der Waals surface area (Å²) >= 11 is 0. The number of nitrogens with zero attached hydrogens (tertiary/aromatic N) is 2. The molecular formula is C22H28N2O3. The lowest BCUT2D eigenvalue weighted by Crippen LogP contribution is -2.56. The molecule has 0 amide bonds. The molecule has 4 bridgehead atoms. The number of phenolic OH excluding ortho intramolecular Hbond substituents is 1. The summed E-state index contributed by atoms with van der Waals surface area (Å²) in [5, 5.41) is 11.1. The Hall–Kier alpha value is -2.01. The zero-order valence-electron chi connectivity index (χ0n) is 16.1. The van der Waals surface area contributed by atoms with Crippen LogP contribution in [0, 0.1) is 11.8 Å². The van der Waals surface area contributed by atoms with Crippen LogP contribution in [-0.2, 0) is 11.2 Å². The minimum absolute atomic E-state index is 0.256. The molecule has 0 spiro atoms. The van der Waals surface area contributed by atoms with E-state index in [4.69, 9.17) is 4.74 Å². The number of hydrogen-bond donors (Lipinski definition) is 1. The number of piperidine rings is 2. The Kier molecular flexibility index (Phi) is 3.97. The SMILES string of the molecule is CCOC(=O)n1c2c(c3cc(O)ccc31)CCN1C[C@@H]3C[C@H](CC)[C@H]1[C@H]2C3. The van der Waals surface area contributed by atoms with Crippen molar-refractivity contribution in [3.8, 4) is 5.75 Å². The lowest BCUT2D eigenvalue weighted by molar-refractivity contribution is -0.0141. The normalized spacial score (nSPS) is 31.6. The number of ether oxygens (including phenoxy) is 1. The van der Waals surface area contributed by atoms with Crippen LogP contribution in [0.25, 0.3) is 10.9 Å². The van der Waals surface area contributed by atoms with E-state index in [0.717, 1.165) is 41.9 Å². The first-order chi connectivity index (χ1) is 13.1. The van der Waals surface area contributed by atoms with Crippen molar-refractivity contribution >= 4 is 17.0 Å². The molecule has 5 nitrogen and oxygen atoms in total. The number of aromatic hydroxyl groups is 1. The highest BCUT2D eigenvalue weighted by atomic mass is 16.5. The monoisotopic (exact) mass is 368 g/mol. The molecular weight excluding hydrogens is 340 g/mol. The van der Waals surface area contributed by atoms with Gasteiger partial charge in [-0.15, -0.1) is 0 Å². The summed E-state index contributed by atoms with van der Waals surface area (Å²) in [4.78, 5) is 15.7. The van der Waals surface area contributed by atoms with Crippen LogP contribution >= 0.6 is 0 Å². The highest BCUT2D eigenvalue weighted by molar-refractivity contribution is 5.95. The molecule has 4 aliphatic rings. The lowest BCUT2D eigenvalue weighted by atomic mass is 9.65. The van der Waals surface area contributed by atoms with E-state index < -0.39 is 0 Å². The van der Waals surface area contributed by atoms with E-state index in [2.05, 4.69) is 11.8 Å². The highest BCUT2D eigenvalue weighted by Crippen LogP contribution is 2.52. The minimum atomic E-state index is -0.280. The third-order valence-electron chi connectivity index (χ3n) is 7.10. The molecule has 4 heterocycles. The molecule has 1 aliphatic carbocycles. The Morgan fingerprint density at radius 1 is 1.30 bits per heavy atom. The average Bonchev–Trinajstić information content (AvgIpc) is 2.93. The number of rotatable bonds is 2. The maximum atomic E-state index is 13.0. The van der Waals surface area contributed by atoms with Gasteiger partial charge in [-0.2, -0.15) is 0 Å². The van der Waals surface area contributed by atoms with Crippen molar-refractivity contribution in [2.24, 2.45) is 11.8 Å². The van der Waals surface area contributed by atoms with E-state index in [1.165, 1.54) is 24.9 Å². The minimum Gasteiger partial charge on any atom is -0.508 e. The molecule has 1 aromatic carbocycles. The van der Waals surface area contributed by atoms with Gasteiger partial charge in [0.15, 0.2) is 0 Å². The van der Waals surface area contributed by atoms with Crippen LogP contribution in [0.3, 0.4) is 0 Å². The molecule has 6 rings (SSSR count). The third-order valence-corrected chi connectivity index (χ3v) is 7.10. The third kappa shape index (κ3) is 2.44. The molecule has 3 aliphatic heterocycles. The van der Waals surface area contributed by atoms with Crippen LogP contribution in [0.1, 0.15) is 50.3 Å². The van der Waals surface area contributed by atoms with Gasteiger partial charge >= 0.3 is 6.09 Å². The van der Waals surface area contributed by atoms with Gasteiger partial charge in [0.2, 0.25) is 0 Å². The van der Waals surface area contributed by atoms with E-state index in [9.17, 15) is 9.90 Å². The van der Waals surface area contributed by atoms with E-state index in [1.54, 1.807) is 6.07 Å². The van der Waals surface area contributed by atoms with Gasteiger partial charge < -0.3 is 9.84 Å². The maximum Gasteiger partial charge on any atom is 0.418 e. The molecule has 1 aromatic heterocycles. The fraction of sp³-hybridized carbons (Fsp3) is 0.591. The topological polar surface area (TPSA) is 54.7 Å². The van der Waals surface area contributed by atoms with Crippen molar-refractivity contribution in [3.63, 3.8) is 0 Å². The number of carbonyl (C=O) groups is 1. The standard InChI is InChI=1S/C22H28N2O3/c1-3-14-9-13-10-18-20(14)23(12-13)8-7-16-17-11-15(25)5-6-19(17)24(21(16)18)22(26)27-4-2/h5-6,11,13-14,18,20,25H,3-4,7-10,12H2,1-2H3/t13-,14+,18-,20+/m1/s1. The predicted octanol–water partition coefficient (Wildman–Crippen LogP) is 4.11. The Morgan fingerprint density at radius 2 is 2.15 bits per heavy atom. The summed E-state index contributed by atoms with van der Waals surface area (Å²) in [6.07, 6.45) is 4.33. The Morgan fingerprint density at radius 3 is 2.93 bits per heavy atom. The molecule has 5 atom stereocenters. The summed E-state index contributed by atoms with van der Waals surface area (Å²) in [6.45, 7) is 6.76. The summed E-state index contributed by atoms with van der Waals surface area (Å²) in [5.74, 6) is 2.05. The fourth-order valence-corrected chi connectivity index (χ4v) is 6.22. The van der Waals surface area contributed by atoms with Crippen LogP contribution in [-0.4, -0.2) is 46.4 Å². The molecule has 144 valence electrons. The van der Waals surface area contributed by atoms with Crippen molar-refractivity contribution < 1.29 is 14.6 Å². The smallest absolute Gasteiger partial charge is 0.418 e. The number of phenols is 1. The van der Waals surface area contributed by atoms with Crippen molar-refractivity contribution in [2.45, 2.75) is 51.5 Å². The first kappa shape index (κ1) is 17.1. The van der Waals surface area contributed by atoms with Crippen molar-refractivity contribution in [1.29, 1.82) is 0 Å². The maximum absolute atomic E-state index is 13.0. The number of aromatic nitrogens is 1. The largest absolute Gasteiger partial charge is 0.508 e. The molecule has 2 aromatic rings. The van der Waals surface area contributed by atoms with Gasteiger partial charge in [-0.3, -0.25) is 4.90 Å². The van der Waals surface area contributed by atoms with Gasteiger partial charge in [0, 0.05) is 36.1 Å². The van der Waals surface area contributed by atoms with E-state index in [0.29, 0.717) is 24.5 Å². The van der Waals surface area contributed by atoms with Crippen LogP contribution < -0.4 is 0 Å². The van der Waals surface area contributed by atoms with Crippen molar-refractivity contribution in [1.82, 2.24) is 9.47 Å². The summed E-state index contributed by atoms with van der Waals surface area (Å²) in [7, 11) is 0. The van der Waals surface area contributed by atoms with Crippen molar-refractivity contribution in [3.05, 3.63) is 29.5 Å².